The highest BCUT2D eigenvalue weighted by Gasteiger charge is 2.36. The lowest BCUT2D eigenvalue weighted by Crippen LogP contribution is -2.47. The summed E-state index contributed by atoms with van der Waals surface area (Å²) in [5, 5.41) is 11.7. The Bertz CT molecular complexity index is 1250. The van der Waals surface area contributed by atoms with Crippen molar-refractivity contribution in [3.05, 3.63) is 107 Å². The van der Waals surface area contributed by atoms with Crippen LogP contribution in [-0.2, 0) is 0 Å². The Labute approximate surface area is 193 Å². The highest BCUT2D eigenvalue weighted by molar-refractivity contribution is 5.94. The van der Waals surface area contributed by atoms with E-state index >= 15 is 0 Å². The first-order chi connectivity index (χ1) is 16.2. The standard InChI is InChI=1S/C27H26N4O2/c1-18-24-25(19-13-15-22(33-2)16-14-19)23(29-27(32)20-9-5-3-6-10-20)17-28-26(24)31(30-18)21-11-7-4-8-12-21/h3-16,23,25,28H,17H2,1-2H3,(H,29,32)/t23-,25-/m0/s1. The zero-order valence-electron chi connectivity index (χ0n) is 18.7. The fourth-order valence-corrected chi connectivity index (χ4v) is 4.55. The van der Waals surface area contributed by atoms with Gasteiger partial charge in [-0.05, 0) is 48.9 Å². The Kier molecular flexibility index (Phi) is 5.57. The Hall–Kier alpha value is -4.06. The van der Waals surface area contributed by atoms with Gasteiger partial charge in [0.1, 0.15) is 11.6 Å². The maximum atomic E-state index is 13.0. The first kappa shape index (κ1) is 20.8. The van der Waals surface area contributed by atoms with Crippen LogP contribution in [0.2, 0.25) is 0 Å². The number of ether oxygens (including phenoxy) is 1. The summed E-state index contributed by atoms with van der Waals surface area (Å²) in [7, 11) is 1.66. The van der Waals surface area contributed by atoms with Gasteiger partial charge in [-0.15, -0.1) is 0 Å². The molecule has 0 fully saturated rings. The lowest BCUT2D eigenvalue weighted by molar-refractivity contribution is 0.0935. The quantitative estimate of drug-likeness (QED) is 0.480. The van der Waals surface area contributed by atoms with Gasteiger partial charge in [0.25, 0.3) is 5.91 Å². The van der Waals surface area contributed by atoms with Crippen molar-refractivity contribution >= 4 is 11.7 Å². The van der Waals surface area contributed by atoms with E-state index in [4.69, 9.17) is 9.84 Å². The van der Waals surface area contributed by atoms with Crippen molar-refractivity contribution in [3.8, 4) is 11.4 Å². The topological polar surface area (TPSA) is 68.2 Å². The van der Waals surface area contributed by atoms with Crippen molar-refractivity contribution in [2.45, 2.75) is 18.9 Å². The number of nitrogens with zero attached hydrogens (tertiary/aromatic N) is 2. The molecule has 2 N–H and O–H groups in total. The molecule has 0 spiro atoms. The summed E-state index contributed by atoms with van der Waals surface area (Å²) in [6.07, 6.45) is 0. The van der Waals surface area contributed by atoms with Gasteiger partial charge in [-0.1, -0.05) is 48.5 Å². The minimum absolute atomic E-state index is 0.0581. The van der Waals surface area contributed by atoms with Crippen molar-refractivity contribution in [1.29, 1.82) is 0 Å². The summed E-state index contributed by atoms with van der Waals surface area (Å²) in [6.45, 7) is 2.61. The lowest BCUT2D eigenvalue weighted by atomic mass is 9.82. The van der Waals surface area contributed by atoms with E-state index < -0.39 is 0 Å². The molecule has 166 valence electrons. The number of rotatable bonds is 5. The number of fused-ring (bicyclic) bond motifs is 1. The van der Waals surface area contributed by atoms with Gasteiger partial charge in [-0.25, -0.2) is 4.68 Å². The second-order valence-electron chi connectivity index (χ2n) is 8.17. The van der Waals surface area contributed by atoms with Crippen molar-refractivity contribution in [1.82, 2.24) is 15.1 Å². The van der Waals surface area contributed by atoms with Crippen LogP contribution in [0.3, 0.4) is 0 Å². The average molecular weight is 439 g/mol. The smallest absolute Gasteiger partial charge is 0.251 e. The fraction of sp³-hybridized carbons (Fsp3) is 0.185. The summed E-state index contributed by atoms with van der Waals surface area (Å²) >= 11 is 0. The van der Waals surface area contributed by atoms with Gasteiger partial charge in [0.15, 0.2) is 0 Å². The Morgan fingerprint density at radius 1 is 1.00 bits per heavy atom. The monoisotopic (exact) mass is 438 g/mol. The van der Waals surface area contributed by atoms with E-state index in [-0.39, 0.29) is 17.9 Å². The molecular formula is C27H26N4O2. The van der Waals surface area contributed by atoms with Gasteiger partial charge in [0.05, 0.1) is 24.5 Å². The van der Waals surface area contributed by atoms with Crippen molar-refractivity contribution < 1.29 is 9.53 Å². The summed E-state index contributed by atoms with van der Waals surface area (Å²) in [5.74, 6) is 1.62. The van der Waals surface area contributed by atoms with Crippen LogP contribution in [0.25, 0.3) is 5.69 Å². The van der Waals surface area contributed by atoms with Crippen LogP contribution in [0.15, 0.2) is 84.9 Å². The Morgan fingerprint density at radius 2 is 1.67 bits per heavy atom. The zero-order chi connectivity index (χ0) is 22.8. The molecule has 33 heavy (non-hydrogen) atoms. The molecule has 0 aliphatic carbocycles. The number of aromatic nitrogens is 2. The largest absolute Gasteiger partial charge is 0.497 e. The molecule has 6 heteroatoms. The number of hydrogen-bond donors (Lipinski definition) is 2. The Balaban J connectivity index is 1.57. The van der Waals surface area contributed by atoms with Crippen LogP contribution >= 0.6 is 0 Å². The van der Waals surface area contributed by atoms with Crippen molar-refractivity contribution in [3.63, 3.8) is 0 Å². The number of hydrogen-bond acceptors (Lipinski definition) is 4. The predicted molar refractivity (Wildman–Crippen MR) is 129 cm³/mol. The molecule has 2 heterocycles. The van der Waals surface area contributed by atoms with Gasteiger partial charge in [-0.3, -0.25) is 4.79 Å². The second kappa shape index (κ2) is 8.82. The number of amides is 1. The first-order valence-electron chi connectivity index (χ1n) is 11.0. The molecule has 0 bridgehead atoms. The molecule has 0 radical (unpaired) electrons. The van der Waals surface area contributed by atoms with E-state index in [1.54, 1.807) is 7.11 Å². The molecule has 1 aliphatic rings. The maximum absolute atomic E-state index is 13.0. The zero-order valence-corrected chi connectivity index (χ0v) is 18.7. The van der Waals surface area contributed by atoms with E-state index in [9.17, 15) is 4.79 Å². The number of methoxy groups -OCH3 is 1. The van der Waals surface area contributed by atoms with Gasteiger partial charge in [-0.2, -0.15) is 5.10 Å². The molecule has 4 aromatic rings. The van der Waals surface area contributed by atoms with E-state index in [1.807, 2.05) is 84.4 Å². The SMILES string of the molecule is COc1ccc([C@@H]2c3c(C)nn(-c4ccccc4)c3NC[C@@H]2NC(=O)c2ccccc2)cc1. The molecule has 0 saturated heterocycles. The minimum Gasteiger partial charge on any atom is -0.497 e. The van der Waals surface area contributed by atoms with Crippen molar-refractivity contribution in [2.24, 2.45) is 0 Å². The third kappa shape index (κ3) is 3.96. The molecule has 0 unspecified atom stereocenters. The summed E-state index contributed by atoms with van der Waals surface area (Å²) in [6, 6.07) is 27.3. The lowest BCUT2D eigenvalue weighted by Gasteiger charge is -2.34. The van der Waals surface area contributed by atoms with E-state index in [0.29, 0.717) is 12.1 Å². The first-order valence-corrected chi connectivity index (χ1v) is 11.0. The van der Waals surface area contributed by atoms with Crippen LogP contribution in [0, 0.1) is 6.92 Å². The highest BCUT2D eigenvalue weighted by atomic mass is 16.5. The number of aryl methyl sites for hydroxylation is 1. The van der Waals surface area contributed by atoms with Gasteiger partial charge >= 0.3 is 0 Å². The number of anilines is 1. The van der Waals surface area contributed by atoms with Crippen LogP contribution in [0.5, 0.6) is 5.75 Å². The van der Waals surface area contributed by atoms with Crippen LogP contribution in [-0.4, -0.2) is 35.4 Å². The van der Waals surface area contributed by atoms with Crippen LogP contribution in [0.1, 0.15) is 33.1 Å². The molecule has 0 saturated carbocycles. The van der Waals surface area contributed by atoms with Gasteiger partial charge in [0.2, 0.25) is 0 Å². The molecule has 5 rings (SSSR count). The maximum Gasteiger partial charge on any atom is 0.251 e. The van der Waals surface area contributed by atoms with Crippen LogP contribution in [0.4, 0.5) is 5.82 Å². The van der Waals surface area contributed by atoms with E-state index in [2.05, 4.69) is 22.8 Å². The highest BCUT2D eigenvalue weighted by Crippen LogP contribution is 2.40. The molecule has 1 aromatic heterocycles. The van der Waals surface area contributed by atoms with Gasteiger partial charge < -0.3 is 15.4 Å². The van der Waals surface area contributed by atoms with Crippen LogP contribution < -0.4 is 15.4 Å². The third-order valence-electron chi connectivity index (χ3n) is 6.14. The van der Waals surface area contributed by atoms with E-state index in [1.165, 1.54) is 0 Å². The summed E-state index contributed by atoms with van der Waals surface area (Å²) in [4.78, 5) is 13.0. The number of nitrogens with one attached hydrogen (secondary N) is 2. The number of para-hydroxylation sites is 1. The number of carbonyl (C=O) groups is 1. The molecular weight excluding hydrogens is 412 g/mol. The molecule has 6 nitrogen and oxygen atoms in total. The molecule has 1 aliphatic heterocycles. The summed E-state index contributed by atoms with van der Waals surface area (Å²) < 4.78 is 7.32. The second-order valence-corrected chi connectivity index (χ2v) is 8.17. The normalized spacial score (nSPS) is 17.0. The van der Waals surface area contributed by atoms with Gasteiger partial charge in [0, 0.05) is 23.6 Å². The predicted octanol–water partition coefficient (Wildman–Crippen LogP) is 4.55. The molecule has 2 atom stereocenters. The number of carbonyl (C=O) groups excluding carboxylic acids is 1. The Morgan fingerprint density at radius 3 is 2.33 bits per heavy atom. The molecule has 1 amide bonds. The third-order valence-corrected chi connectivity index (χ3v) is 6.14. The average Bonchev–Trinajstić information content (AvgIpc) is 3.21. The molecule has 3 aromatic carbocycles. The van der Waals surface area contributed by atoms with E-state index in [0.717, 1.165) is 34.1 Å². The summed E-state index contributed by atoms with van der Waals surface area (Å²) in [5.41, 5.74) is 4.77. The minimum atomic E-state index is -0.147. The number of benzene rings is 3. The van der Waals surface area contributed by atoms with Crippen molar-refractivity contribution in [2.75, 3.05) is 19.0 Å². The fourth-order valence-electron chi connectivity index (χ4n) is 4.55.